The Morgan fingerprint density at radius 3 is 2.88 bits per heavy atom. The van der Waals surface area contributed by atoms with Crippen LogP contribution in [0.3, 0.4) is 0 Å². The smallest absolute Gasteiger partial charge is 0.261 e. The van der Waals surface area contributed by atoms with E-state index in [1.54, 1.807) is 0 Å². The predicted molar refractivity (Wildman–Crippen MR) is 70.5 cm³/mol. The second-order valence-electron chi connectivity index (χ2n) is 5.08. The molecule has 4 heteroatoms. The van der Waals surface area contributed by atoms with Crippen molar-refractivity contribution in [1.29, 1.82) is 0 Å². The fourth-order valence-electron chi connectivity index (χ4n) is 2.27. The van der Waals surface area contributed by atoms with Crippen molar-refractivity contribution in [3.05, 3.63) is 16.3 Å². The molecular weight excluding hydrogens is 238 g/mol. The summed E-state index contributed by atoms with van der Waals surface area (Å²) in [6, 6.07) is 2.14. The minimum Gasteiger partial charge on any atom is -0.348 e. The Bertz CT molecular complexity index is 397. The van der Waals surface area contributed by atoms with Crippen LogP contribution in [0.4, 0.5) is 0 Å². The van der Waals surface area contributed by atoms with E-state index in [2.05, 4.69) is 31.8 Å². The highest BCUT2D eigenvalue weighted by molar-refractivity contribution is 7.80. The topological polar surface area (TPSA) is 29.1 Å². The van der Waals surface area contributed by atoms with Crippen molar-refractivity contribution in [2.45, 2.75) is 44.0 Å². The fourth-order valence-corrected chi connectivity index (χ4v) is 3.32. The average molecular weight is 255 g/mol. The van der Waals surface area contributed by atoms with Crippen LogP contribution in [0.1, 0.15) is 42.8 Å². The molecule has 0 aromatic carbocycles. The van der Waals surface area contributed by atoms with Crippen LogP contribution < -0.4 is 5.32 Å². The average Bonchev–Trinajstić information content (AvgIpc) is 2.74. The number of nitrogens with one attached hydrogen (secondary N) is 1. The number of hydrogen-bond donors (Lipinski definition) is 2. The van der Waals surface area contributed by atoms with Crippen LogP contribution in [0.25, 0.3) is 0 Å². The van der Waals surface area contributed by atoms with Gasteiger partial charge in [0.25, 0.3) is 5.91 Å². The van der Waals surface area contributed by atoms with Gasteiger partial charge in [0.2, 0.25) is 0 Å². The third-order valence-electron chi connectivity index (χ3n) is 3.37. The largest absolute Gasteiger partial charge is 0.348 e. The van der Waals surface area contributed by atoms with Gasteiger partial charge in [0, 0.05) is 16.3 Å². The lowest BCUT2D eigenvalue weighted by Gasteiger charge is -2.27. The van der Waals surface area contributed by atoms with Gasteiger partial charge in [-0.1, -0.05) is 20.3 Å². The molecule has 88 valence electrons. The molecule has 1 aliphatic carbocycles. The molecule has 1 unspecified atom stereocenters. The second kappa shape index (κ2) is 4.41. The van der Waals surface area contributed by atoms with E-state index in [4.69, 9.17) is 0 Å². The maximum absolute atomic E-state index is 12.0. The number of hydrogen-bond acceptors (Lipinski definition) is 3. The number of thiol groups is 1. The summed E-state index contributed by atoms with van der Waals surface area (Å²) >= 11 is 5.67. The van der Waals surface area contributed by atoms with E-state index in [1.807, 2.05) is 11.4 Å². The van der Waals surface area contributed by atoms with E-state index >= 15 is 0 Å². The summed E-state index contributed by atoms with van der Waals surface area (Å²) in [6.45, 7) is 4.45. The lowest BCUT2D eigenvalue weighted by Crippen LogP contribution is -2.41. The van der Waals surface area contributed by atoms with E-state index in [0.717, 1.165) is 16.2 Å². The van der Waals surface area contributed by atoms with Crippen LogP contribution in [0.2, 0.25) is 0 Å². The van der Waals surface area contributed by atoms with Gasteiger partial charge in [0.1, 0.15) is 0 Å². The molecule has 1 N–H and O–H groups in total. The van der Waals surface area contributed by atoms with Gasteiger partial charge in [0.05, 0.1) is 4.88 Å². The minimum absolute atomic E-state index is 0.0466. The van der Waals surface area contributed by atoms with E-state index in [-0.39, 0.29) is 11.3 Å². The van der Waals surface area contributed by atoms with Crippen molar-refractivity contribution >= 4 is 29.9 Å². The zero-order chi connectivity index (χ0) is 11.8. The molecule has 1 fully saturated rings. The first-order valence-electron chi connectivity index (χ1n) is 5.57. The lowest BCUT2D eigenvalue weighted by atomic mass is 9.87. The molecule has 0 saturated heterocycles. The van der Waals surface area contributed by atoms with Crippen molar-refractivity contribution in [3.63, 3.8) is 0 Å². The summed E-state index contributed by atoms with van der Waals surface area (Å²) in [5.41, 5.74) is 0.233. The van der Waals surface area contributed by atoms with Gasteiger partial charge in [-0.15, -0.1) is 24.0 Å². The maximum Gasteiger partial charge on any atom is 0.261 e. The predicted octanol–water partition coefficient (Wildman–Crippen LogP) is 3.35. The molecule has 1 aliphatic rings. The molecule has 0 aliphatic heterocycles. The summed E-state index contributed by atoms with van der Waals surface area (Å²) in [5, 5.41) is 5.02. The molecule has 1 atom stereocenters. The van der Waals surface area contributed by atoms with E-state index in [0.29, 0.717) is 6.04 Å². The Hall–Kier alpha value is -0.480. The number of rotatable bonds is 2. The third-order valence-corrected chi connectivity index (χ3v) is 4.73. The summed E-state index contributed by atoms with van der Waals surface area (Å²) in [5.74, 6) is 0.0466. The van der Waals surface area contributed by atoms with E-state index < -0.39 is 0 Å². The van der Waals surface area contributed by atoms with Crippen molar-refractivity contribution in [1.82, 2.24) is 5.32 Å². The van der Waals surface area contributed by atoms with Gasteiger partial charge in [-0.2, -0.15) is 0 Å². The van der Waals surface area contributed by atoms with Gasteiger partial charge in [-0.25, -0.2) is 0 Å². The molecule has 2 rings (SSSR count). The zero-order valence-electron chi connectivity index (χ0n) is 9.62. The number of carbonyl (C=O) groups is 1. The summed E-state index contributed by atoms with van der Waals surface area (Å²) in [4.78, 5) is 13.6. The molecule has 1 amide bonds. The molecule has 1 heterocycles. The van der Waals surface area contributed by atoms with Gasteiger partial charge in [0.15, 0.2) is 0 Å². The van der Waals surface area contributed by atoms with Crippen LogP contribution in [-0.2, 0) is 0 Å². The first-order valence-corrected chi connectivity index (χ1v) is 6.90. The Balaban J connectivity index is 2.03. The molecule has 0 radical (unpaired) electrons. The number of carbonyl (C=O) groups excluding carboxylic acids is 1. The van der Waals surface area contributed by atoms with Crippen molar-refractivity contribution in [3.8, 4) is 0 Å². The van der Waals surface area contributed by atoms with Crippen molar-refractivity contribution in [2.75, 3.05) is 0 Å². The highest BCUT2D eigenvalue weighted by Crippen LogP contribution is 2.37. The molecular formula is C12H17NOS2. The summed E-state index contributed by atoms with van der Waals surface area (Å²) in [7, 11) is 0. The summed E-state index contributed by atoms with van der Waals surface area (Å²) < 4.78 is 0. The van der Waals surface area contributed by atoms with Crippen molar-refractivity contribution in [2.24, 2.45) is 5.41 Å². The van der Waals surface area contributed by atoms with E-state index in [1.165, 1.54) is 24.2 Å². The van der Waals surface area contributed by atoms with Gasteiger partial charge >= 0.3 is 0 Å². The maximum atomic E-state index is 12.0. The van der Waals surface area contributed by atoms with Crippen molar-refractivity contribution < 1.29 is 4.79 Å². The van der Waals surface area contributed by atoms with Crippen LogP contribution in [0, 0.1) is 5.41 Å². The minimum atomic E-state index is 0.0466. The van der Waals surface area contributed by atoms with Crippen LogP contribution in [0.15, 0.2) is 16.3 Å². The Morgan fingerprint density at radius 2 is 2.38 bits per heavy atom. The molecule has 2 nitrogen and oxygen atoms in total. The molecule has 16 heavy (non-hydrogen) atoms. The van der Waals surface area contributed by atoms with Gasteiger partial charge in [-0.3, -0.25) is 4.79 Å². The number of amides is 1. The molecule has 1 aromatic heterocycles. The quantitative estimate of drug-likeness (QED) is 0.780. The third kappa shape index (κ3) is 2.43. The van der Waals surface area contributed by atoms with Gasteiger partial charge in [-0.05, 0) is 24.3 Å². The highest BCUT2D eigenvalue weighted by atomic mass is 32.1. The normalized spacial score (nSPS) is 23.3. The van der Waals surface area contributed by atoms with E-state index in [9.17, 15) is 4.79 Å². The van der Waals surface area contributed by atoms with Gasteiger partial charge < -0.3 is 5.32 Å². The summed E-state index contributed by atoms with van der Waals surface area (Å²) in [6.07, 6.45) is 3.50. The molecule has 1 saturated carbocycles. The first-order chi connectivity index (χ1) is 7.49. The standard InChI is InChI=1S/C12H17NOS2/c1-12(2)5-3-4-10(12)13-11(14)9-6-8(15)7-16-9/h6-7,10,15H,3-5H2,1-2H3,(H,13,14). The monoisotopic (exact) mass is 255 g/mol. The molecule has 0 spiro atoms. The fraction of sp³-hybridized carbons (Fsp3) is 0.583. The Labute approximate surface area is 106 Å². The Kier molecular flexibility index (Phi) is 3.31. The lowest BCUT2D eigenvalue weighted by molar-refractivity contribution is 0.0914. The van der Waals surface area contributed by atoms with Crippen LogP contribution >= 0.6 is 24.0 Å². The molecule has 0 bridgehead atoms. The van der Waals surface area contributed by atoms with Crippen LogP contribution in [0.5, 0.6) is 0 Å². The second-order valence-corrected chi connectivity index (χ2v) is 6.50. The first kappa shape index (κ1) is 12.0. The molecule has 1 aromatic rings. The zero-order valence-corrected chi connectivity index (χ0v) is 11.3. The highest BCUT2D eigenvalue weighted by Gasteiger charge is 2.35. The SMILES string of the molecule is CC1(C)CCCC1NC(=O)c1cc(S)cs1. The number of thiophene rings is 1. The Morgan fingerprint density at radius 1 is 1.62 bits per heavy atom. The van der Waals surface area contributed by atoms with Crippen LogP contribution in [-0.4, -0.2) is 11.9 Å².